The summed E-state index contributed by atoms with van der Waals surface area (Å²) in [5.41, 5.74) is -0.0345. The molecule has 2 bridgehead atoms. The lowest BCUT2D eigenvalue weighted by Crippen LogP contribution is -2.64. The second kappa shape index (κ2) is 5.28. The Kier molecular flexibility index (Phi) is 3.56. The number of amides is 1. The van der Waals surface area contributed by atoms with Gasteiger partial charge in [-0.3, -0.25) is 9.59 Å². The molecule has 3 rings (SSSR count). The number of carboxylic acids is 1. The molecule has 1 aromatic rings. The molecule has 6 nitrogen and oxygen atoms in total. The minimum atomic E-state index is -1.09. The van der Waals surface area contributed by atoms with E-state index in [9.17, 15) is 14.7 Å². The van der Waals surface area contributed by atoms with Crippen LogP contribution in [0, 0.1) is 5.92 Å². The highest BCUT2D eigenvalue weighted by atomic mass is 16.5. The molecule has 1 aromatic carbocycles. The number of ether oxygens (including phenoxy) is 2. The van der Waals surface area contributed by atoms with Crippen LogP contribution in [0.25, 0.3) is 0 Å². The average Bonchev–Trinajstić information content (AvgIpc) is 2.46. The number of hydrogen-bond donors (Lipinski definition) is 1. The molecule has 6 heteroatoms. The van der Waals surface area contributed by atoms with Crippen LogP contribution in [0.3, 0.4) is 0 Å². The third-order valence-electron chi connectivity index (χ3n) is 4.54. The van der Waals surface area contributed by atoms with Crippen molar-refractivity contribution in [3.63, 3.8) is 0 Å². The van der Waals surface area contributed by atoms with Gasteiger partial charge in [0, 0.05) is 26.0 Å². The second-order valence-corrected chi connectivity index (χ2v) is 5.92. The first kappa shape index (κ1) is 14.8. The van der Waals surface area contributed by atoms with Crippen LogP contribution >= 0.6 is 0 Å². The molecule has 1 saturated heterocycles. The number of rotatable bonds is 4. The van der Waals surface area contributed by atoms with Crippen molar-refractivity contribution in [3.05, 3.63) is 29.8 Å². The van der Waals surface area contributed by atoms with Crippen molar-refractivity contribution in [1.82, 2.24) is 4.90 Å². The van der Waals surface area contributed by atoms with Crippen LogP contribution in [0.1, 0.15) is 24.8 Å². The van der Waals surface area contributed by atoms with E-state index in [1.54, 1.807) is 7.11 Å². The van der Waals surface area contributed by atoms with Crippen molar-refractivity contribution in [2.24, 2.45) is 5.92 Å². The van der Waals surface area contributed by atoms with E-state index < -0.39 is 23.5 Å². The van der Waals surface area contributed by atoms with Gasteiger partial charge in [-0.15, -0.1) is 0 Å². The van der Waals surface area contributed by atoms with Crippen molar-refractivity contribution in [3.8, 4) is 5.75 Å². The largest absolute Gasteiger partial charge is 0.481 e. The van der Waals surface area contributed by atoms with Crippen LogP contribution in [0.5, 0.6) is 5.75 Å². The van der Waals surface area contributed by atoms with Gasteiger partial charge < -0.3 is 19.5 Å². The number of carbonyl (C=O) groups is 2. The zero-order valence-corrected chi connectivity index (χ0v) is 12.6. The summed E-state index contributed by atoms with van der Waals surface area (Å²) in [5.74, 6) is -2.27. The van der Waals surface area contributed by atoms with Crippen molar-refractivity contribution >= 4 is 11.9 Å². The number of para-hydroxylation sites is 1. The molecule has 2 heterocycles. The van der Waals surface area contributed by atoms with Gasteiger partial charge in [0.25, 0.3) is 0 Å². The smallest absolute Gasteiger partial charge is 0.316 e. The molecule has 0 radical (unpaired) electrons. The second-order valence-electron chi connectivity index (χ2n) is 5.92. The lowest BCUT2D eigenvalue weighted by Gasteiger charge is -2.52. The molecule has 0 aromatic heterocycles. The zero-order chi connectivity index (χ0) is 15.9. The van der Waals surface area contributed by atoms with Crippen molar-refractivity contribution in [2.45, 2.75) is 25.0 Å². The van der Waals surface area contributed by atoms with Crippen LogP contribution in [0.15, 0.2) is 24.3 Å². The Morgan fingerprint density at radius 3 is 2.91 bits per heavy atom. The Bertz CT molecular complexity index is 616. The number of likely N-dealkylation sites (tertiary alicyclic amines) is 1. The molecule has 3 atom stereocenters. The Hall–Kier alpha value is -2.08. The van der Waals surface area contributed by atoms with Crippen LogP contribution in [-0.2, 0) is 14.3 Å². The van der Waals surface area contributed by atoms with Crippen molar-refractivity contribution < 1.29 is 24.2 Å². The van der Waals surface area contributed by atoms with E-state index in [1.165, 1.54) is 4.90 Å². The molecule has 0 unspecified atom stereocenters. The summed E-state index contributed by atoms with van der Waals surface area (Å²) < 4.78 is 11.1. The van der Waals surface area contributed by atoms with Gasteiger partial charge in [0.15, 0.2) is 5.72 Å². The molecular formula is C16H19NO5. The molecule has 2 aliphatic heterocycles. The molecule has 22 heavy (non-hydrogen) atoms. The number of hydrogen-bond acceptors (Lipinski definition) is 4. The Labute approximate surface area is 128 Å². The first-order valence-electron chi connectivity index (χ1n) is 7.29. The minimum absolute atomic E-state index is 0.310. The third kappa shape index (κ3) is 2.14. The van der Waals surface area contributed by atoms with E-state index in [-0.39, 0.29) is 5.92 Å². The first-order valence-corrected chi connectivity index (χ1v) is 7.29. The molecule has 1 N–H and O–H groups in total. The fourth-order valence-electron chi connectivity index (χ4n) is 3.52. The molecule has 0 aliphatic carbocycles. The number of carboxylic acid groups (broad SMARTS) is 1. The lowest BCUT2D eigenvalue weighted by atomic mass is 9.74. The fourth-order valence-corrected chi connectivity index (χ4v) is 3.52. The predicted molar refractivity (Wildman–Crippen MR) is 77.5 cm³/mol. The summed E-state index contributed by atoms with van der Waals surface area (Å²) in [6.07, 6.45) is 0.469. The molecule has 2 aliphatic rings. The molecule has 1 amide bonds. The fraction of sp³-hybridized carbons (Fsp3) is 0.500. The standard InChI is InChI=1S/C16H19NO5/c1-16-9-11(10-5-3-4-6-12(10)22-16)13(15(19)20)14(18)17(16)7-8-21-2/h3-6,11,13H,7-9H2,1-2H3,(H,19,20)/t11-,13+,16+/m1/s1. The Morgan fingerprint density at radius 1 is 1.50 bits per heavy atom. The predicted octanol–water partition coefficient (Wildman–Crippen LogP) is 1.46. The normalized spacial score (nSPS) is 29.7. The summed E-state index contributed by atoms with van der Waals surface area (Å²) in [5, 5.41) is 9.55. The van der Waals surface area contributed by atoms with Crippen LogP contribution in [0.2, 0.25) is 0 Å². The molecular weight excluding hydrogens is 286 g/mol. The maximum atomic E-state index is 12.7. The number of benzene rings is 1. The molecule has 0 saturated carbocycles. The lowest BCUT2D eigenvalue weighted by molar-refractivity contribution is -0.181. The number of methoxy groups -OCH3 is 1. The van der Waals surface area contributed by atoms with Crippen molar-refractivity contribution in [1.29, 1.82) is 0 Å². The van der Waals surface area contributed by atoms with Gasteiger partial charge in [0.2, 0.25) is 5.91 Å². The topological polar surface area (TPSA) is 76.1 Å². The summed E-state index contributed by atoms with van der Waals surface area (Å²) in [7, 11) is 1.55. The number of piperidine rings is 1. The first-order chi connectivity index (χ1) is 10.5. The van der Waals surface area contributed by atoms with Gasteiger partial charge in [-0.25, -0.2) is 0 Å². The van der Waals surface area contributed by atoms with E-state index in [0.29, 0.717) is 25.3 Å². The van der Waals surface area contributed by atoms with E-state index in [4.69, 9.17) is 9.47 Å². The molecule has 0 spiro atoms. The third-order valence-corrected chi connectivity index (χ3v) is 4.54. The number of fused-ring (bicyclic) bond motifs is 4. The highest BCUT2D eigenvalue weighted by Gasteiger charge is 2.56. The summed E-state index contributed by atoms with van der Waals surface area (Å²) in [6, 6.07) is 7.35. The van der Waals surface area contributed by atoms with Gasteiger partial charge in [-0.05, 0) is 18.6 Å². The minimum Gasteiger partial charge on any atom is -0.481 e. The summed E-state index contributed by atoms with van der Waals surface area (Å²) >= 11 is 0. The Morgan fingerprint density at radius 2 is 2.23 bits per heavy atom. The van der Waals surface area contributed by atoms with Gasteiger partial charge in [0.05, 0.1) is 6.61 Å². The monoisotopic (exact) mass is 305 g/mol. The van der Waals surface area contributed by atoms with Gasteiger partial charge in [0.1, 0.15) is 11.7 Å². The van der Waals surface area contributed by atoms with Gasteiger partial charge >= 0.3 is 5.97 Å². The quantitative estimate of drug-likeness (QED) is 0.852. The molecule has 118 valence electrons. The summed E-state index contributed by atoms with van der Waals surface area (Å²) in [6.45, 7) is 2.48. The SMILES string of the molecule is COCCN1C(=O)[C@@H](C(=O)O)[C@@H]2C[C@]1(C)Oc1ccccc12. The van der Waals surface area contributed by atoms with Crippen LogP contribution in [0.4, 0.5) is 0 Å². The highest BCUT2D eigenvalue weighted by molar-refractivity contribution is 5.99. The average molecular weight is 305 g/mol. The van der Waals surface area contributed by atoms with E-state index in [2.05, 4.69) is 0 Å². The molecule has 1 fully saturated rings. The van der Waals surface area contributed by atoms with Crippen LogP contribution < -0.4 is 4.74 Å². The number of nitrogens with zero attached hydrogens (tertiary/aromatic N) is 1. The maximum Gasteiger partial charge on any atom is 0.316 e. The van der Waals surface area contributed by atoms with E-state index >= 15 is 0 Å². The zero-order valence-electron chi connectivity index (χ0n) is 12.6. The van der Waals surface area contributed by atoms with Crippen molar-refractivity contribution in [2.75, 3.05) is 20.3 Å². The van der Waals surface area contributed by atoms with Gasteiger partial charge in [-0.1, -0.05) is 18.2 Å². The summed E-state index contributed by atoms with van der Waals surface area (Å²) in [4.78, 5) is 25.9. The highest BCUT2D eigenvalue weighted by Crippen LogP contribution is 2.49. The Balaban J connectivity index is 2.07. The van der Waals surface area contributed by atoms with E-state index in [0.717, 1.165) is 5.56 Å². The maximum absolute atomic E-state index is 12.7. The number of aliphatic carboxylic acids is 1. The van der Waals surface area contributed by atoms with Gasteiger partial charge in [-0.2, -0.15) is 0 Å². The number of carbonyl (C=O) groups excluding carboxylic acids is 1. The van der Waals surface area contributed by atoms with E-state index in [1.807, 2.05) is 31.2 Å². The van der Waals surface area contributed by atoms with Crippen LogP contribution in [-0.4, -0.2) is 47.9 Å².